The van der Waals surface area contributed by atoms with Crippen molar-refractivity contribution in [3.05, 3.63) is 46.7 Å². The number of benzene rings is 1. The fourth-order valence-electron chi connectivity index (χ4n) is 2.80. The topological polar surface area (TPSA) is 84.6 Å². The molecule has 1 aliphatic heterocycles. The molecule has 1 aromatic carbocycles. The molecule has 0 spiro atoms. The highest BCUT2D eigenvalue weighted by molar-refractivity contribution is 6.31. The van der Waals surface area contributed by atoms with Crippen molar-refractivity contribution in [2.24, 2.45) is 5.73 Å². The molecule has 0 unspecified atom stereocenters. The third kappa shape index (κ3) is 4.56. The minimum Gasteiger partial charge on any atom is -0.486 e. The Morgan fingerprint density at radius 2 is 1.82 bits per heavy atom. The van der Waals surface area contributed by atoms with Crippen LogP contribution in [0.25, 0.3) is 0 Å². The van der Waals surface area contributed by atoms with Gasteiger partial charge in [0, 0.05) is 36.8 Å². The summed E-state index contributed by atoms with van der Waals surface area (Å²) in [5, 5.41) is -0.0281. The van der Waals surface area contributed by atoms with E-state index in [1.807, 2.05) is 4.90 Å². The van der Waals surface area contributed by atoms with Crippen LogP contribution in [0.4, 0.5) is 23.9 Å². The molecule has 1 aromatic heterocycles. The third-order valence-corrected chi connectivity index (χ3v) is 4.65. The summed E-state index contributed by atoms with van der Waals surface area (Å²) in [6.45, 7) is 1.61. The first-order valence-corrected chi connectivity index (χ1v) is 8.72. The van der Waals surface area contributed by atoms with E-state index in [0.29, 0.717) is 32.1 Å². The second-order valence-electron chi connectivity index (χ2n) is 6.08. The summed E-state index contributed by atoms with van der Waals surface area (Å²) in [7, 11) is 0. The van der Waals surface area contributed by atoms with Crippen LogP contribution >= 0.6 is 11.6 Å². The van der Waals surface area contributed by atoms with Gasteiger partial charge in [0.25, 0.3) is 0 Å². The number of alkyl halides is 3. The van der Waals surface area contributed by atoms with E-state index in [-0.39, 0.29) is 22.9 Å². The SMILES string of the molecule is NC(=O)N1CCN(c2ncc(OCc3c(Cl)cccc3C(F)(F)F)cn2)CC1. The Bertz CT molecular complexity index is 840. The van der Waals surface area contributed by atoms with Crippen molar-refractivity contribution < 1.29 is 22.7 Å². The minimum absolute atomic E-state index is 0.0281. The van der Waals surface area contributed by atoms with E-state index < -0.39 is 17.8 Å². The van der Waals surface area contributed by atoms with E-state index in [1.54, 1.807) is 0 Å². The summed E-state index contributed by atoms with van der Waals surface area (Å²) in [6.07, 6.45) is -1.77. The van der Waals surface area contributed by atoms with Crippen LogP contribution in [0, 0.1) is 0 Å². The van der Waals surface area contributed by atoms with E-state index in [2.05, 4.69) is 9.97 Å². The second-order valence-corrected chi connectivity index (χ2v) is 6.49. The van der Waals surface area contributed by atoms with E-state index >= 15 is 0 Å². The van der Waals surface area contributed by atoms with Crippen molar-refractivity contribution in [3.8, 4) is 5.75 Å². The highest BCUT2D eigenvalue weighted by Gasteiger charge is 2.34. The number of nitrogens with zero attached hydrogens (tertiary/aromatic N) is 4. The highest BCUT2D eigenvalue weighted by Crippen LogP contribution is 2.35. The number of aromatic nitrogens is 2. The number of carbonyl (C=O) groups excluding carboxylic acids is 1. The molecule has 7 nitrogen and oxygen atoms in total. The van der Waals surface area contributed by atoms with E-state index in [4.69, 9.17) is 22.1 Å². The predicted molar refractivity (Wildman–Crippen MR) is 96.2 cm³/mol. The molecule has 1 fully saturated rings. The molecule has 2 N–H and O–H groups in total. The third-order valence-electron chi connectivity index (χ3n) is 4.30. The number of carbonyl (C=O) groups is 1. The van der Waals surface area contributed by atoms with Crippen LogP contribution < -0.4 is 15.4 Å². The molecule has 2 amide bonds. The van der Waals surface area contributed by atoms with Crippen molar-refractivity contribution in [2.75, 3.05) is 31.1 Å². The summed E-state index contributed by atoms with van der Waals surface area (Å²) >= 11 is 5.91. The van der Waals surface area contributed by atoms with Gasteiger partial charge in [-0.1, -0.05) is 17.7 Å². The lowest BCUT2D eigenvalue weighted by molar-refractivity contribution is -0.138. The molecule has 2 aromatic rings. The Labute approximate surface area is 163 Å². The molecule has 0 saturated carbocycles. The molecule has 0 atom stereocenters. The van der Waals surface area contributed by atoms with Crippen LogP contribution in [0.3, 0.4) is 0 Å². The summed E-state index contributed by atoms with van der Waals surface area (Å²) in [4.78, 5) is 22.9. The number of anilines is 1. The summed E-state index contributed by atoms with van der Waals surface area (Å²) in [5.74, 6) is 0.651. The second kappa shape index (κ2) is 8.09. The van der Waals surface area contributed by atoms with Gasteiger partial charge in [-0.25, -0.2) is 14.8 Å². The molecular formula is C17H17ClF3N5O2. The molecule has 0 aliphatic carbocycles. The van der Waals surface area contributed by atoms with Gasteiger partial charge in [0.05, 0.1) is 18.0 Å². The maximum absolute atomic E-state index is 13.1. The van der Waals surface area contributed by atoms with Gasteiger partial charge >= 0.3 is 12.2 Å². The Kier molecular flexibility index (Phi) is 5.78. The van der Waals surface area contributed by atoms with Crippen molar-refractivity contribution in [1.29, 1.82) is 0 Å². The summed E-state index contributed by atoms with van der Waals surface area (Å²) < 4.78 is 44.7. The van der Waals surface area contributed by atoms with Crippen LogP contribution in [-0.4, -0.2) is 47.1 Å². The largest absolute Gasteiger partial charge is 0.486 e. The first-order valence-electron chi connectivity index (χ1n) is 8.34. The maximum atomic E-state index is 13.1. The van der Waals surface area contributed by atoms with Gasteiger partial charge in [-0.3, -0.25) is 0 Å². The van der Waals surface area contributed by atoms with Crippen LogP contribution in [0.2, 0.25) is 5.02 Å². The number of hydrogen-bond donors (Lipinski definition) is 1. The zero-order valence-corrected chi connectivity index (χ0v) is 15.4. The number of rotatable bonds is 4. The summed E-state index contributed by atoms with van der Waals surface area (Å²) in [5.41, 5.74) is 4.25. The lowest BCUT2D eigenvalue weighted by Gasteiger charge is -2.33. The van der Waals surface area contributed by atoms with Gasteiger partial charge in [0.15, 0.2) is 5.75 Å². The number of urea groups is 1. The first-order chi connectivity index (χ1) is 13.3. The molecule has 0 radical (unpaired) electrons. The van der Waals surface area contributed by atoms with E-state index in [9.17, 15) is 18.0 Å². The smallest absolute Gasteiger partial charge is 0.416 e. The molecule has 2 heterocycles. The molecule has 28 heavy (non-hydrogen) atoms. The van der Waals surface area contributed by atoms with Crippen molar-refractivity contribution in [1.82, 2.24) is 14.9 Å². The molecule has 150 valence electrons. The Balaban J connectivity index is 1.64. The van der Waals surface area contributed by atoms with Crippen LogP contribution in [0.5, 0.6) is 5.75 Å². The van der Waals surface area contributed by atoms with Crippen molar-refractivity contribution in [3.63, 3.8) is 0 Å². The number of halogens is 4. The van der Waals surface area contributed by atoms with Gasteiger partial charge in [-0.15, -0.1) is 0 Å². The Hall–Kier alpha value is -2.75. The number of piperazine rings is 1. The number of primary amides is 1. The molecule has 1 saturated heterocycles. The maximum Gasteiger partial charge on any atom is 0.416 e. The van der Waals surface area contributed by atoms with Gasteiger partial charge in [-0.2, -0.15) is 13.2 Å². The first kappa shape index (κ1) is 20.0. The zero-order chi connectivity index (χ0) is 20.3. The van der Waals surface area contributed by atoms with Gasteiger partial charge in [-0.05, 0) is 12.1 Å². The highest BCUT2D eigenvalue weighted by atomic mass is 35.5. The number of amides is 2. The predicted octanol–water partition coefficient (Wildman–Crippen LogP) is 2.93. The van der Waals surface area contributed by atoms with Crippen LogP contribution in [0.1, 0.15) is 11.1 Å². The Morgan fingerprint density at radius 3 is 2.39 bits per heavy atom. The zero-order valence-electron chi connectivity index (χ0n) is 14.6. The number of nitrogens with two attached hydrogens (primary N) is 1. The average Bonchev–Trinajstić information content (AvgIpc) is 2.66. The Morgan fingerprint density at radius 1 is 1.18 bits per heavy atom. The lowest BCUT2D eigenvalue weighted by atomic mass is 10.1. The minimum atomic E-state index is -4.53. The average molecular weight is 416 g/mol. The quantitative estimate of drug-likeness (QED) is 0.830. The van der Waals surface area contributed by atoms with E-state index in [0.717, 1.165) is 6.07 Å². The molecule has 3 rings (SSSR count). The summed E-state index contributed by atoms with van der Waals surface area (Å²) in [6, 6.07) is 3.10. The van der Waals surface area contributed by atoms with Crippen LogP contribution in [0.15, 0.2) is 30.6 Å². The monoisotopic (exact) mass is 415 g/mol. The molecule has 0 bridgehead atoms. The van der Waals surface area contributed by atoms with Gasteiger partial charge < -0.3 is 20.3 Å². The standard InChI is InChI=1S/C17H17ClF3N5O2/c18-14-3-1-2-13(17(19,20)21)12(14)10-28-11-8-23-16(24-9-11)26-6-4-25(5-7-26)15(22)27/h1-3,8-9H,4-7,10H2,(H2,22,27). The number of ether oxygens (including phenoxy) is 1. The van der Waals surface area contributed by atoms with Crippen molar-refractivity contribution >= 4 is 23.6 Å². The van der Waals surface area contributed by atoms with Crippen LogP contribution in [-0.2, 0) is 12.8 Å². The number of hydrogen-bond acceptors (Lipinski definition) is 5. The van der Waals surface area contributed by atoms with Crippen molar-refractivity contribution in [2.45, 2.75) is 12.8 Å². The molecule has 11 heteroatoms. The van der Waals surface area contributed by atoms with E-state index in [1.165, 1.54) is 29.4 Å². The van der Waals surface area contributed by atoms with Gasteiger partial charge in [0.1, 0.15) is 6.61 Å². The molecule has 1 aliphatic rings. The van der Waals surface area contributed by atoms with Gasteiger partial charge in [0.2, 0.25) is 5.95 Å². The fraction of sp³-hybridized carbons (Fsp3) is 0.353. The fourth-order valence-corrected chi connectivity index (χ4v) is 3.03. The normalized spacial score (nSPS) is 14.9. The molecular weight excluding hydrogens is 399 g/mol. The lowest BCUT2D eigenvalue weighted by Crippen LogP contribution is -2.50.